The minimum absolute atomic E-state index is 0.270. The highest BCUT2D eigenvalue weighted by molar-refractivity contribution is 5.76. The molecule has 1 saturated heterocycles. The molecule has 5 nitrogen and oxygen atoms in total. The van der Waals surface area contributed by atoms with E-state index in [1.54, 1.807) is 0 Å². The third-order valence-electron chi connectivity index (χ3n) is 5.75. The van der Waals surface area contributed by atoms with E-state index in [2.05, 4.69) is 71.1 Å². The van der Waals surface area contributed by atoms with Crippen molar-refractivity contribution in [3.8, 4) is 0 Å². The minimum atomic E-state index is 0.270. The molecule has 1 aliphatic rings. The van der Waals surface area contributed by atoms with Crippen LogP contribution in [0.25, 0.3) is 11.0 Å². The number of benzene rings is 1. The number of rotatable bonds is 6. The fourth-order valence-electron chi connectivity index (χ4n) is 4.36. The van der Waals surface area contributed by atoms with Crippen molar-refractivity contribution in [2.75, 3.05) is 20.6 Å². The molecule has 0 spiro atoms. The van der Waals surface area contributed by atoms with Gasteiger partial charge >= 0.3 is 0 Å². The first-order valence-electron chi connectivity index (χ1n) is 10.4. The molecule has 0 amide bonds. The predicted molar refractivity (Wildman–Crippen MR) is 114 cm³/mol. The number of para-hydroxylation sites is 2. The molecule has 5 heteroatoms. The molecule has 2 aromatic heterocycles. The molecule has 0 saturated carbocycles. The number of piperidine rings is 1. The monoisotopic (exact) mass is 377 g/mol. The van der Waals surface area contributed by atoms with Gasteiger partial charge in [0.1, 0.15) is 5.82 Å². The highest BCUT2D eigenvalue weighted by Gasteiger charge is 2.28. The molecule has 148 valence electrons. The molecule has 0 bridgehead atoms. The Balaban J connectivity index is 1.63. The van der Waals surface area contributed by atoms with Crippen LogP contribution in [0.1, 0.15) is 54.8 Å². The molecule has 1 aromatic carbocycles. The van der Waals surface area contributed by atoms with Crippen LogP contribution in [0.2, 0.25) is 0 Å². The van der Waals surface area contributed by atoms with E-state index in [1.807, 2.05) is 12.3 Å². The van der Waals surface area contributed by atoms with Crippen molar-refractivity contribution in [3.05, 3.63) is 59.7 Å². The van der Waals surface area contributed by atoms with Crippen molar-refractivity contribution < 1.29 is 0 Å². The van der Waals surface area contributed by atoms with Crippen LogP contribution in [0, 0.1) is 6.92 Å². The topological polar surface area (TPSA) is 46.0 Å². The van der Waals surface area contributed by atoms with Gasteiger partial charge in [-0.2, -0.15) is 0 Å². The molecular formula is C23H31N5. The Morgan fingerprint density at radius 2 is 1.93 bits per heavy atom. The van der Waals surface area contributed by atoms with Gasteiger partial charge in [0.2, 0.25) is 0 Å². The normalized spacial score (nSPS) is 20.1. The number of aryl methyl sites for hydroxylation is 2. The van der Waals surface area contributed by atoms with Crippen molar-refractivity contribution in [2.24, 2.45) is 0 Å². The van der Waals surface area contributed by atoms with Crippen LogP contribution in [0.15, 0.2) is 42.6 Å². The van der Waals surface area contributed by atoms with Gasteiger partial charge < -0.3 is 9.47 Å². The summed E-state index contributed by atoms with van der Waals surface area (Å²) >= 11 is 0. The predicted octanol–water partition coefficient (Wildman–Crippen LogP) is 4.25. The third-order valence-corrected chi connectivity index (χ3v) is 5.75. The molecule has 0 radical (unpaired) electrons. The average molecular weight is 378 g/mol. The van der Waals surface area contributed by atoms with Crippen LogP contribution in [0.3, 0.4) is 0 Å². The minimum Gasteiger partial charge on any atom is -0.327 e. The molecule has 1 aliphatic heterocycles. The maximum atomic E-state index is 5.05. The van der Waals surface area contributed by atoms with Crippen molar-refractivity contribution in [2.45, 2.75) is 51.2 Å². The fraction of sp³-hybridized carbons (Fsp3) is 0.478. The van der Waals surface area contributed by atoms with Crippen LogP contribution >= 0.6 is 0 Å². The van der Waals surface area contributed by atoms with E-state index < -0.39 is 0 Å². The number of fused-ring (bicyclic) bond motifs is 1. The lowest BCUT2D eigenvalue weighted by atomic mass is 9.94. The number of aromatic nitrogens is 3. The summed E-state index contributed by atoms with van der Waals surface area (Å²) in [4.78, 5) is 12.0. The Morgan fingerprint density at radius 3 is 2.75 bits per heavy atom. The van der Waals surface area contributed by atoms with Crippen molar-refractivity contribution in [1.82, 2.24) is 24.8 Å². The van der Waals surface area contributed by atoms with Gasteiger partial charge in [-0.15, -0.1) is 0 Å². The zero-order valence-corrected chi connectivity index (χ0v) is 17.2. The van der Waals surface area contributed by atoms with Crippen molar-refractivity contribution in [3.63, 3.8) is 0 Å². The summed E-state index contributed by atoms with van der Waals surface area (Å²) in [5.41, 5.74) is 4.79. The van der Waals surface area contributed by atoms with Gasteiger partial charge in [0.25, 0.3) is 0 Å². The standard InChI is InChI=1S/C23H31N5/c1-17-9-7-14-24-22(17)19-11-6-12-20(25-19)23-26-18-10-4-5-13-21(18)28(23)16-8-15-27(2)3/h4-5,7,9-10,13-14,19-20,25H,6,8,11-12,15-16H2,1-3H3. The maximum absolute atomic E-state index is 5.05. The first kappa shape index (κ1) is 19.1. The smallest absolute Gasteiger partial charge is 0.127 e. The van der Waals surface area contributed by atoms with Gasteiger partial charge in [0.05, 0.1) is 28.8 Å². The average Bonchev–Trinajstić information content (AvgIpc) is 3.07. The van der Waals surface area contributed by atoms with Gasteiger partial charge in [0.15, 0.2) is 0 Å². The first-order valence-corrected chi connectivity index (χ1v) is 10.4. The maximum Gasteiger partial charge on any atom is 0.127 e. The Hall–Kier alpha value is -2.24. The van der Waals surface area contributed by atoms with E-state index in [-0.39, 0.29) is 6.04 Å². The highest BCUT2D eigenvalue weighted by atomic mass is 15.1. The van der Waals surface area contributed by atoms with Gasteiger partial charge in [-0.3, -0.25) is 10.3 Å². The third kappa shape index (κ3) is 3.96. The Morgan fingerprint density at radius 1 is 1.11 bits per heavy atom. The first-order chi connectivity index (χ1) is 13.6. The summed E-state index contributed by atoms with van der Waals surface area (Å²) in [5.74, 6) is 1.18. The molecule has 3 heterocycles. The molecular weight excluding hydrogens is 346 g/mol. The second-order valence-electron chi connectivity index (χ2n) is 8.18. The highest BCUT2D eigenvalue weighted by Crippen LogP contribution is 2.34. The van der Waals surface area contributed by atoms with Crippen molar-refractivity contribution in [1.29, 1.82) is 0 Å². The summed E-state index contributed by atoms with van der Waals surface area (Å²) in [7, 11) is 4.27. The number of imidazole rings is 1. The molecule has 1 N–H and O–H groups in total. The Labute approximate surface area is 167 Å². The lowest BCUT2D eigenvalue weighted by Crippen LogP contribution is -2.33. The number of hydrogen-bond acceptors (Lipinski definition) is 4. The van der Waals surface area contributed by atoms with Crippen LogP contribution < -0.4 is 5.32 Å². The largest absolute Gasteiger partial charge is 0.327 e. The van der Waals surface area contributed by atoms with E-state index >= 15 is 0 Å². The zero-order valence-electron chi connectivity index (χ0n) is 17.2. The number of pyridine rings is 1. The molecule has 1 fully saturated rings. The van der Waals surface area contributed by atoms with Gasteiger partial charge in [-0.25, -0.2) is 4.98 Å². The van der Waals surface area contributed by atoms with Crippen LogP contribution in [-0.4, -0.2) is 40.1 Å². The van der Waals surface area contributed by atoms with Crippen LogP contribution in [0.4, 0.5) is 0 Å². The number of nitrogens with zero attached hydrogens (tertiary/aromatic N) is 4. The van der Waals surface area contributed by atoms with Gasteiger partial charge in [-0.1, -0.05) is 18.2 Å². The molecule has 3 aromatic rings. The summed E-state index contributed by atoms with van der Waals surface area (Å²) in [6.45, 7) is 4.24. The Bertz CT molecular complexity index is 930. The van der Waals surface area contributed by atoms with E-state index in [0.29, 0.717) is 6.04 Å². The number of hydrogen-bond donors (Lipinski definition) is 1. The molecule has 2 unspecified atom stereocenters. The van der Waals surface area contributed by atoms with Gasteiger partial charge in [0, 0.05) is 12.7 Å². The summed E-state index contributed by atoms with van der Waals surface area (Å²) in [6, 6.07) is 13.3. The lowest BCUT2D eigenvalue weighted by Gasteiger charge is -2.31. The summed E-state index contributed by atoms with van der Waals surface area (Å²) in [5, 5.41) is 3.87. The van der Waals surface area contributed by atoms with E-state index in [0.717, 1.165) is 37.9 Å². The van der Waals surface area contributed by atoms with E-state index in [4.69, 9.17) is 4.98 Å². The number of nitrogens with one attached hydrogen (secondary N) is 1. The SMILES string of the molecule is Cc1cccnc1C1CCCC(c2nc3ccccc3n2CCCN(C)C)N1. The molecule has 0 aliphatic carbocycles. The van der Waals surface area contributed by atoms with Crippen LogP contribution in [0.5, 0.6) is 0 Å². The second kappa shape index (κ2) is 8.41. The molecule has 4 rings (SSSR count). The van der Waals surface area contributed by atoms with E-state index in [9.17, 15) is 0 Å². The second-order valence-corrected chi connectivity index (χ2v) is 8.18. The van der Waals surface area contributed by atoms with E-state index in [1.165, 1.54) is 29.0 Å². The molecule has 2 atom stereocenters. The fourth-order valence-corrected chi connectivity index (χ4v) is 4.36. The summed E-state index contributed by atoms with van der Waals surface area (Å²) in [6.07, 6.45) is 6.48. The lowest BCUT2D eigenvalue weighted by molar-refractivity contribution is 0.307. The summed E-state index contributed by atoms with van der Waals surface area (Å²) < 4.78 is 2.43. The zero-order chi connectivity index (χ0) is 19.5. The van der Waals surface area contributed by atoms with Gasteiger partial charge in [-0.05, 0) is 77.0 Å². The Kier molecular flexibility index (Phi) is 5.74. The van der Waals surface area contributed by atoms with Crippen molar-refractivity contribution >= 4 is 11.0 Å². The van der Waals surface area contributed by atoms with Crippen LogP contribution in [-0.2, 0) is 6.54 Å². The molecule has 28 heavy (non-hydrogen) atoms. The quantitative estimate of drug-likeness (QED) is 0.698.